The van der Waals surface area contributed by atoms with Gasteiger partial charge in [-0.1, -0.05) is 6.08 Å². The zero-order valence-electron chi connectivity index (χ0n) is 11.3. The van der Waals surface area contributed by atoms with Gasteiger partial charge in [-0.25, -0.2) is 8.42 Å². The summed E-state index contributed by atoms with van der Waals surface area (Å²) in [6.07, 6.45) is 3.92. The Bertz CT molecular complexity index is 352. The molecule has 18 heavy (non-hydrogen) atoms. The highest BCUT2D eigenvalue weighted by molar-refractivity contribution is 7.89. The fraction of sp³-hybridized carbons (Fsp3) is 0.833. The van der Waals surface area contributed by atoms with Crippen LogP contribution in [0.15, 0.2) is 12.7 Å². The Labute approximate surface area is 110 Å². The normalized spacial score (nSPS) is 17.9. The van der Waals surface area contributed by atoms with E-state index >= 15 is 0 Å². The Hall–Kier alpha value is -0.430. The van der Waals surface area contributed by atoms with Crippen molar-refractivity contribution in [3.8, 4) is 0 Å². The van der Waals surface area contributed by atoms with Crippen molar-refractivity contribution >= 4 is 10.0 Å². The Morgan fingerprint density at radius 1 is 1.56 bits per heavy atom. The van der Waals surface area contributed by atoms with Gasteiger partial charge in [-0.15, -0.1) is 6.58 Å². The first-order valence-electron chi connectivity index (χ1n) is 6.34. The summed E-state index contributed by atoms with van der Waals surface area (Å²) in [6, 6.07) is 0.523. The summed E-state index contributed by atoms with van der Waals surface area (Å²) < 4.78 is 31.1. The fourth-order valence-corrected chi connectivity index (χ4v) is 3.10. The lowest BCUT2D eigenvalue weighted by molar-refractivity contribution is 0.181. The number of methoxy groups -OCH3 is 1. The molecule has 0 aromatic rings. The summed E-state index contributed by atoms with van der Waals surface area (Å²) in [5.41, 5.74) is 0. The number of rotatable bonds is 10. The molecule has 1 rings (SSSR count). The fourth-order valence-electron chi connectivity index (χ4n) is 1.64. The average molecular weight is 276 g/mol. The van der Waals surface area contributed by atoms with Crippen molar-refractivity contribution in [2.24, 2.45) is 0 Å². The molecule has 0 heterocycles. The van der Waals surface area contributed by atoms with Gasteiger partial charge in [-0.3, -0.25) is 0 Å². The molecule has 0 radical (unpaired) electrons. The molecule has 106 valence electrons. The van der Waals surface area contributed by atoms with Gasteiger partial charge in [0, 0.05) is 32.8 Å². The second kappa shape index (κ2) is 7.23. The van der Waals surface area contributed by atoms with Crippen LogP contribution in [0.1, 0.15) is 19.8 Å². The molecule has 0 aromatic carbocycles. The van der Waals surface area contributed by atoms with Gasteiger partial charge in [0.25, 0.3) is 0 Å². The van der Waals surface area contributed by atoms with Crippen molar-refractivity contribution in [2.45, 2.75) is 31.1 Å². The maximum Gasteiger partial charge on any atom is 0.218 e. The molecule has 0 saturated heterocycles. The van der Waals surface area contributed by atoms with Gasteiger partial charge in [0.2, 0.25) is 10.0 Å². The van der Waals surface area contributed by atoms with Gasteiger partial charge in [-0.05, 0) is 19.8 Å². The molecule has 1 aliphatic rings. The van der Waals surface area contributed by atoms with Gasteiger partial charge in [0.15, 0.2) is 0 Å². The van der Waals surface area contributed by atoms with Crippen LogP contribution in [0.2, 0.25) is 0 Å². The molecular weight excluding hydrogens is 252 g/mol. The highest BCUT2D eigenvalue weighted by Gasteiger charge is 2.29. The van der Waals surface area contributed by atoms with E-state index in [-0.39, 0.29) is 0 Å². The van der Waals surface area contributed by atoms with E-state index in [1.807, 2.05) is 0 Å². The zero-order chi connectivity index (χ0) is 13.6. The predicted octanol–water partition coefficient (Wildman–Crippen LogP) is 0.591. The van der Waals surface area contributed by atoms with E-state index in [1.54, 1.807) is 20.1 Å². The number of nitrogens with zero attached hydrogens (tertiary/aromatic N) is 1. The Morgan fingerprint density at radius 2 is 2.22 bits per heavy atom. The van der Waals surface area contributed by atoms with Crippen LogP contribution in [-0.4, -0.2) is 57.4 Å². The third-order valence-corrected chi connectivity index (χ3v) is 5.25. The third kappa shape index (κ3) is 4.68. The molecule has 1 unspecified atom stereocenters. The lowest BCUT2D eigenvalue weighted by atomic mass is 10.4. The van der Waals surface area contributed by atoms with Crippen molar-refractivity contribution in [3.63, 3.8) is 0 Å². The largest absolute Gasteiger partial charge is 0.383 e. The minimum atomic E-state index is -3.28. The van der Waals surface area contributed by atoms with Crippen molar-refractivity contribution in [1.29, 1.82) is 0 Å². The summed E-state index contributed by atoms with van der Waals surface area (Å²) >= 11 is 0. The molecule has 1 atom stereocenters. The van der Waals surface area contributed by atoms with Crippen LogP contribution in [0, 0.1) is 0 Å². The van der Waals surface area contributed by atoms with Gasteiger partial charge in [0.1, 0.15) is 0 Å². The van der Waals surface area contributed by atoms with Crippen molar-refractivity contribution in [2.75, 3.05) is 33.4 Å². The van der Waals surface area contributed by atoms with Crippen LogP contribution in [0.4, 0.5) is 0 Å². The molecule has 0 amide bonds. The highest BCUT2D eigenvalue weighted by atomic mass is 32.2. The molecular formula is C12H24N2O3S. The molecule has 0 aliphatic heterocycles. The minimum Gasteiger partial charge on any atom is -0.383 e. The van der Waals surface area contributed by atoms with Crippen LogP contribution in [0.25, 0.3) is 0 Å². The first-order chi connectivity index (χ1) is 8.52. The summed E-state index contributed by atoms with van der Waals surface area (Å²) in [5.74, 6) is 0. The topological polar surface area (TPSA) is 58.6 Å². The summed E-state index contributed by atoms with van der Waals surface area (Å²) in [4.78, 5) is 0. The van der Waals surface area contributed by atoms with Crippen LogP contribution in [-0.2, 0) is 14.8 Å². The maximum atomic E-state index is 12.3. The molecule has 6 heteroatoms. The molecule has 1 aliphatic carbocycles. The highest BCUT2D eigenvalue weighted by Crippen LogP contribution is 2.19. The second-order valence-electron chi connectivity index (χ2n) is 4.68. The van der Waals surface area contributed by atoms with E-state index < -0.39 is 15.3 Å². The van der Waals surface area contributed by atoms with E-state index in [0.29, 0.717) is 32.3 Å². The third-order valence-electron chi connectivity index (χ3n) is 3.02. The van der Waals surface area contributed by atoms with Crippen LogP contribution >= 0.6 is 0 Å². The van der Waals surface area contributed by atoms with E-state index in [0.717, 1.165) is 12.8 Å². The number of hydrogen-bond acceptors (Lipinski definition) is 4. The van der Waals surface area contributed by atoms with Gasteiger partial charge < -0.3 is 10.1 Å². The Kier molecular flexibility index (Phi) is 6.28. The SMILES string of the molecule is C=CCN(CCOC)S(=O)(=O)C(C)CNC1CC1. The molecule has 5 nitrogen and oxygen atoms in total. The van der Waals surface area contributed by atoms with Crippen LogP contribution < -0.4 is 5.32 Å². The van der Waals surface area contributed by atoms with E-state index in [9.17, 15) is 8.42 Å². The van der Waals surface area contributed by atoms with E-state index in [4.69, 9.17) is 4.74 Å². The Balaban J connectivity index is 2.55. The number of nitrogens with one attached hydrogen (secondary N) is 1. The molecule has 0 spiro atoms. The van der Waals surface area contributed by atoms with Crippen molar-refractivity contribution in [1.82, 2.24) is 9.62 Å². The second-order valence-corrected chi connectivity index (χ2v) is 7.03. The predicted molar refractivity (Wildman–Crippen MR) is 73.1 cm³/mol. The molecule has 0 bridgehead atoms. The van der Waals surface area contributed by atoms with Crippen LogP contribution in [0.5, 0.6) is 0 Å². The van der Waals surface area contributed by atoms with Crippen molar-refractivity contribution in [3.05, 3.63) is 12.7 Å². The van der Waals surface area contributed by atoms with Crippen LogP contribution in [0.3, 0.4) is 0 Å². The quantitative estimate of drug-likeness (QED) is 0.593. The molecule has 0 aromatic heterocycles. The lowest BCUT2D eigenvalue weighted by Crippen LogP contribution is -2.43. The monoisotopic (exact) mass is 276 g/mol. The minimum absolute atomic E-state index is 0.333. The standard InChI is InChI=1S/C12H24N2O3S/c1-4-7-14(8-9-17-3)18(15,16)11(2)10-13-12-5-6-12/h4,11-13H,1,5-10H2,2-3H3. The van der Waals surface area contributed by atoms with Gasteiger partial charge >= 0.3 is 0 Å². The summed E-state index contributed by atoms with van der Waals surface area (Å²) in [5, 5.41) is 2.83. The lowest BCUT2D eigenvalue weighted by Gasteiger charge is -2.24. The summed E-state index contributed by atoms with van der Waals surface area (Å²) in [7, 11) is -1.72. The average Bonchev–Trinajstić information content (AvgIpc) is 3.15. The molecule has 1 saturated carbocycles. The summed E-state index contributed by atoms with van der Waals surface area (Å²) in [6.45, 7) is 6.96. The van der Waals surface area contributed by atoms with Gasteiger partial charge in [-0.2, -0.15) is 4.31 Å². The zero-order valence-corrected chi connectivity index (χ0v) is 12.1. The number of sulfonamides is 1. The first-order valence-corrected chi connectivity index (χ1v) is 7.85. The van der Waals surface area contributed by atoms with E-state index in [1.165, 1.54) is 4.31 Å². The van der Waals surface area contributed by atoms with Gasteiger partial charge in [0.05, 0.1) is 11.9 Å². The smallest absolute Gasteiger partial charge is 0.218 e. The van der Waals surface area contributed by atoms with Crippen molar-refractivity contribution < 1.29 is 13.2 Å². The molecule has 1 fully saturated rings. The molecule has 1 N–H and O–H groups in total. The van der Waals surface area contributed by atoms with E-state index in [2.05, 4.69) is 11.9 Å². The number of ether oxygens (including phenoxy) is 1. The number of hydrogen-bond donors (Lipinski definition) is 1. The Morgan fingerprint density at radius 3 is 2.72 bits per heavy atom. The first kappa shape index (κ1) is 15.6. The maximum absolute atomic E-state index is 12.3.